The highest BCUT2D eigenvalue weighted by molar-refractivity contribution is 5.95. The summed E-state index contributed by atoms with van der Waals surface area (Å²) in [6.45, 7) is 12.4. The number of nitrogens with one attached hydrogen (secondary N) is 2. The number of carbonyl (C=O) groups is 1. The predicted octanol–water partition coefficient (Wildman–Crippen LogP) is 5.00. The normalized spacial score (nSPS) is 13.3. The number of hydrogen-bond acceptors (Lipinski definition) is 3. The molecule has 1 heterocycles. The standard InChI is InChI=1S/C28H38N4O2/c1-18(2)17-22-13-15-23(16-14-22)25(19(3)4)29-20(5)27(33)30-26-21(6)31(7)32(28(26)34)24-11-9-8-10-12-24/h8-16,18-20,25,29H,17H2,1-7H3,(H,30,33)/t20-,25+/m0/s1. The molecule has 34 heavy (non-hydrogen) atoms. The van der Waals surface area contributed by atoms with Crippen molar-refractivity contribution < 1.29 is 4.79 Å². The summed E-state index contributed by atoms with van der Waals surface area (Å²) in [7, 11) is 1.82. The molecule has 6 heteroatoms. The first-order chi connectivity index (χ1) is 16.1. The fraction of sp³-hybridized carbons (Fsp3) is 0.429. The Labute approximate surface area is 203 Å². The van der Waals surface area contributed by atoms with Crippen LogP contribution in [0.25, 0.3) is 5.69 Å². The number of amides is 1. The first-order valence-electron chi connectivity index (χ1n) is 12.1. The lowest BCUT2D eigenvalue weighted by Crippen LogP contribution is -2.42. The summed E-state index contributed by atoms with van der Waals surface area (Å²) in [6, 6.07) is 17.6. The van der Waals surface area contributed by atoms with Crippen LogP contribution in [0.2, 0.25) is 0 Å². The number of rotatable bonds is 9. The molecule has 2 atom stereocenters. The number of carbonyl (C=O) groups excluding carboxylic acids is 1. The minimum absolute atomic E-state index is 0.0201. The van der Waals surface area contributed by atoms with Gasteiger partial charge in [0.25, 0.3) is 5.56 Å². The molecule has 3 aromatic rings. The molecule has 0 saturated heterocycles. The van der Waals surface area contributed by atoms with Crippen molar-refractivity contribution >= 4 is 11.6 Å². The summed E-state index contributed by atoms with van der Waals surface area (Å²) < 4.78 is 3.33. The van der Waals surface area contributed by atoms with Gasteiger partial charge < -0.3 is 5.32 Å². The highest BCUT2D eigenvalue weighted by Gasteiger charge is 2.24. The van der Waals surface area contributed by atoms with Crippen LogP contribution >= 0.6 is 0 Å². The zero-order valence-electron chi connectivity index (χ0n) is 21.4. The first-order valence-corrected chi connectivity index (χ1v) is 12.1. The van der Waals surface area contributed by atoms with E-state index >= 15 is 0 Å². The molecule has 0 spiro atoms. The van der Waals surface area contributed by atoms with Crippen molar-refractivity contribution in [1.82, 2.24) is 14.7 Å². The molecule has 3 rings (SSSR count). The number of nitrogens with zero attached hydrogens (tertiary/aromatic N) is 2. The predicted molar refractivity (Wildman–Crippen MR) is 140 cm³/mol. The Hall–Kier alpha value is -3.12. The van der Waals surface area contributed by atoms with E-state index in [0.717, 1.165) is 17.7 Å². The topological polar surface area (TPSA) is 68.1 Å². The molecule has 0 unspecified atom stereocenters. The van der Waals surface area contributed by atoms with Crippen LogP contribution in [0.3, 0.4) is 0 Å². The van der Waals surface area contributed by atoms with Crippen LogP contribution in [-0.4, -0.2) is 21.3 Å². The Morgan fingerprint density at radius 2 is 1.56 bits per heavy atom. The third kappa shape index (κ3) is 5.68. The molecule has 0 radical (unpaired) electrons. The van der Waals surface area contributed by atoms with Crippen molar-refractivity contribution in [2.75, 3.05) is 5.32 Å². The molecule has 0 aliphatic heterocycles. The van der Waals surface area contributed by atoms with Gasteiger partial charge in [0.1, 0.15) is 5.69 Å². The van der Waals surface area contributed by atoms with Crippen molar-refractivity contribution in [3.05, 3.63) is 81.8 Å². The second-order valence-corrected chi connectivity index (χ2v) is 9.88. The number of hydrogen-bond donors (Lipinski definition) is 2. The minimum atomic E-state index is -0.480. The smallest absolute Gasteiger partial charge is 0.295 e. The SMILES string of the molecule is Cc1c(NC(=O)[C@H](C)N[C@@H](c2ccc(CC(C)C)cc2)C(C)C)c(=O)n(-c2ccccc2)n1C. The largest absolute Gasteiger partial charge is 0.319 e. The lowest BCUT2D eigenvalue weighted by atomic mass is 9.93. The van der Waals surface area contributed by atoms with Gasteiger partial charge in [0, 0.05) is 13.1 Å². The average Bonchev–Trinajstić information content (AvgIpc) is 3.01. The average molecular weight is 463 g/mol. The van der Waals surface area contributed by atoms with Crippen LogP contribution in [-0.2, 0) is 18.3 Å². The Balaban J connectivity index is 1.77. The fourth-order valence-corrected chi connectivity index (χ4v) is 4.29. The molecule has 6 nitrogen and oxygen atoms in total. The van der Waals surface area contributed by atoms with Gasteiger partial charge in [0.05, 0.1) is 17.4 Å². The molecular weight excluding hydrogens is 424 g/mol. The third-order valence-electron chi connectivity index (χ3n) is 6.27. The van der Waals surface area contributed by atoms with Gasteiger partial charge in [-0.2, -0.15) is 0 Å². The summed E-state index contributed by atoms with van der Waals surface area (Å²) in [6.07, 6.45) is 1.05. The molecule has 0 bridgehead atoms. The first kappa shape index (κ1) is 25.5. The van der Waals surface area contributed by atoms with E-state index in [1.807, 2.05) is 51.2 Å². The Morgan fingerprint density at radius 3 is 2.12 bits per heavy atom. The summed E-state index contributed by atoms with van der Waals surface area (Å²) in [4.78, 5) is 26.2. The molecule has 0 fully saturated rings. The minimum Gasteiger partial charge on any atom is -0.319 e. The van der Waals surface area contributed by atoms with Crippen molar-refractivity contribution in [2.45, 2.75) is 60.0 Å². The van der Waals surface area contributed by atoms with Gasteiger partial charge in [0.15, 0.2) is 0 Å². The third-order valence-corrected chi connectivity index (χ3v) is 6.27. The maximum atomic E-state index is 13.1. The molecule has 2 aromatic carbocycles. The van der Waals surface area contributed by atoms with E-state index in [0.29, 0.717) is 23.2 Å². The Morgan fingerprint density at radius 1 is 0.941 bits per heavy atom. The van der Waals surface area contributed by atoms with Crippen molar-refractivity contribution in [3.63, 3.8) is 0 Å². The van der Waals surface area contributed by atoms with Gasteiger partial charge in [-0.1, -0.05) is 70.2 Å². The maximum Gasteiger partial charge on any atom is 0.295 e. The fourth-order valence-electron chi connectivity index (χ4n) is 4.29. The van der Waals surface area contributed by atoms with E-state index < -0.39 is 6.04 Å². The second-order valence-electron chi connectivity index (χ2n) is 9.88. The van der Waals surface area contributed by atoms with Gasteiger partial charge in [-0.25, -0.2) is 4.68 Å². The molecule has 2 N–H and O–H groups in total. The molecule has 1 amide bonds. The van der Waals surface area contributed by atoms with Gasteiger partial charge in [-0.3, -0.25) is 19.6 Å². The van der Waals surface area contributed by atoms with Gasteiger partial charge in [-0.05, 0) is 55.4 Å². The number of para-hydroxylation sites is 1. The molecular formula is C28H38N4O2. The molecule has 0 aliphatic carbocycles. The maximum absolute atomic E-state index is 13.1. The lowest BCUT2D eigenvalue weighted by Gasteiger charge is -2.26. The zero-order valence-corrected chi connectivity index (χ0v) is 21.4. The van der Waals surface area contributed by atoms with Crippen LogP contribution in [0.1, 0.15) is 57.5 Å². The molecule has 0 saturated carbocycles. The highest BCUT2D eigenvalue weighted by Crippen LogP contribution is 2.24. The van der Waals surface area contributed by atoms with Crippen LogP contribution in [0.4, 0.5) is 5.69 Å². The van der Waals surface area contributed by atoms with Crippen LogP contribution in [0, 0.1) is 18.8 Å². The molecule has 0 aliphatic rings. The summed E-state index contributed by atoms with van der Waals surface area (Å²) in [5, 5.41) is 6.36. The van der Waals surface area contributed by atoms with E-state index in [-0.39, 0.29) is 17.5 Å². The van der Waals surface area contributed by atoms with Crippen molar-refractivity contribution in [1.29, 1.82) is 0 Å². The quantitative estimate of drug-likeness (QED) is 0.470. The van der Waals surface area contributed by atoms with Gasteiger partial charge in [-0.15, -0.1) is 0 Å². The highest BCUT2D eigenvalue weighted by atomic mass is 16.2. The van der Waals surface area contributed by atoms with Crippen LogP contribution in [0.15, 0.2) is 59.4 Å². The summed E-state index contributed by atoms with van der Waals surface area (Å²) in [5.74, 6) is 0.676. The van der Waals surface area contributed by atoms with E-state index in [2.05, 4.69) is 62.6 Å². The molecule has 182 valence electrons. The van der Waals surface area contributed by atoms with Crippen molar-refractivity contribution in [3.8, 4) is 5.69 Å². The zero-order chi connectivity index (χ0) is 25.0. The number of benzene rings is 2. The summed E-state index contributed by atoms with van der Waals surface area (Å²) in [5.41, 5.74) is 4.00. The van der Waals surface area contributed by atoms with Crippen molar-refractivity contribution in [2.24, 2.45) is 18.9 Å². The monoisotopic (exact) mass is 462 g/mol. The number of anilines is 1. The van der Waals surface area contributed by atoms with Crippen LogP contribution < -0.4 is 16.2 Å². The second kappa shape index (κ2) is 10.9. The Kier molecular flexibility index (Phi) is 8.15. The Bertz CT molecular complexity index is 1160. The van der Waals surface area contributed by atoms with E-state index in [9.17, 15) is 9.59 Å². The van der Waals surface area contributed by atoms with E-state index in [1.165, 1.54) is 5.56 Å². The summed E-state index contributed by atoms with van der Waals surface area (Å²) >= 11 is 0. The van der Waals surface area contributed by atoms with E-state index in [4.69, 9.17) is 0 Å². The van der Waals surface area contributed by atoms with Crippen LogP contribution in [0.5, 0.6) is 0 Å². The number of aromatic nitrogens is 2. The lowest BCUT2D eigenvalue weighted by molar-refractivity contribution is -0.118. The van der Waals surface area contributed by atoms with Gasteiger partial charge >= 0.3 is 0 Å². The van der Waals surface area contributed by atoms with E-state index in [1.54, 1.807) is 9.36 Å². The van der Waals surface area contributed by atoms with Gasteiger partial charge in [0.2, 0.25) is 5.91 Å². The molecule has 1 aromatic heterocycles.